The van der Waals surface area contributed by atoms with Gasteiger partial charge in [0.2, 0.25) is 0 Å². The Bertz CT molecular complexity index is 600. The van der Waals surface area contributed by atoms with Gasteiger partial charge in [-0.05, 0) is 39.1 Å². The molecule has 23 heavy (non-hydrogen) atoms. The van der Waals surface area contributed by atoms with Crippen molar-refractivity contribution >= 4 is 5.82 Å². The van der Waals surface area contributed by atoms with Gasteiger partial charge in [0.1, 0.15) is 5.82 Å². The highest BCUT2D eigenvalue weighted by molar-refractivity contribution is 5.63. The van der Waals surface area contributed by atoms with Gasteiger partial charge in [-0.1, -0.05) is 0 Å². The van der Waals surface area contributed by atoms with Gasteiger partial charge in [-0.3, -0.25) is 5.10 Å². The molecule has 3 heterocycles. The lowest BCUT2D eigenvalue weighted by molar-refractivity contribution is 0.328. The lowest BCUT2D eigenvalue weighted by Gasteiger charge is -2.17. The Morgan fingerprint density at radius 1 is 1.30 bits per heavy atom. The summed E-state index contributed by atoms with van der Waals surface area (Å²) in [6.07, 6.45) is 6.47. The second-order valence-corrected chi connectivity index (χ2v) is 6.20. The molecule has 1 saturated heterocycles. The zero-order valence-electron chi connectivity index (χ0n) is 14.0. The van der Waals surface area contributed by atoms with Crippen molar-refractivity contribution in [3.63, 3.8) is 0 Å². The molecule has 2 N–H and O–H groups in total. The quantitative estimate of drug-likeness (QED) is 0.815. The van der Waals surface area contributed by atoms with Gasteiger partial charge < -0.3 is 15.1 Å². The molecule has 0 unspecified atom stereocenters. The van der Waals surface area contributed by atoms with E-state index in [1.54, 1.807) is 0 Å². The predicted octanol–water partition coefficient (Wildman–Crippen LogP) is 1.72. The molecule has 2 aromatic heterocycles. The maximum absolute atomic E-state index is 4.63. The summed E-state index contributed by atoms with van der Waals surface area (Å²) in [6.45, 7) is 5.11. The van der Waals surface area contributed by atoms with Crippen LogP contribution >= 0.6 is 0 Å². The smallest absolute Gasteiger partial charge is 0.128 e. The highest BCUT2D eigenvalue weighted by Gasteiger charge is 2.15. The van der Waals surface area contributed by atoms with Crippen LogP contribution in [0.1, 0.15) is 18.4 Å². The fourth-order valence-corrected chi connectivity index (χ4v) is 3.02. The van der Waals surface area contributed by atoms with Crippen LogP contribution in [-0.2, 0) is 6.54 Å². The van der Waals surface area contributed by atoms with Crippen LogP contribution in [0.25, 0.3) is 11.3 Å². The van der Waals surface area contributed by atoms with E-state index in [0.29, 0.717) is 0 Å². The molecule has 1 aliphatic rings. The van der Waals surface area contributed by atoms with E-state index in [2.05, 4.69) is 49.5 Å². The maximum Gasteiger partial charge on any atom is 0.128 e. The third-order valence-electron chi connectivity index (χ3n) is 4.35. The van der Waals surface area contributed by atoms with Crippen LogP contribution in [-0.4, -0.2) is 60.4 Å². The third-order valence-corrected chi connectivity index (χ3v) is 4.35. The van der Waals surface area contributed by atoms with Crippen molar-refractivity contribution in [1.29, 1.82) is 0 Å². The number of pyridine rings is 1. The first-order valence-electron chi connectivity index (χ1n) is 8.35. The number of hydrogen-bond donors (Lipinski definition) is 2. The summed E-state index contributed by atoms with van der Waals surface area (Å²) in [7, 11) is 4.10. The fraction of sp³-hybridized carbons (Fsp3) is 0.529. The average Bonchev–Trinajstić information content (AvgIpc) is 3.25. The number of rotatable bonds is 7. The number of likely N-dealkylation sites (N-methyl/N-ethyl adjacent to an activating group) is 2. The number of H-pyrrole nitrogens is 1. The van der Waals surface area contributed by atoms with Crippen LogP contribution in [0, 0.1) is 0 Å². The summed E-state index contributed by atoms with van der Waals surface area (Å²) < 4.78 is 0. The van der Waals surface area contributed by atoms with Crippen LogP contribution in [0.5, 0.6) is 0 Å². The standard InChI is InChI=1S/C17H26N6/c1-18-7-10-22(2)13-15-12-20-21-17(15)14-5-6-16(19-11-14)23-8-3-4-9-23/h5-6,11-12,18H,3-4,7-10,13H2,1-2H3,(H,20,21). The summed E-state index contributed by atoms with van der Waals surface area (Å²) in [5.74, 6) is 1.08. The number of hydrogen-bond acceptors (Lipinski definition) is 5. The van der Waals surface area contributed by atoms with Crippen LogP contribution in [0.15, 0.2) is 24.5 Å². The molecule has 0 bridgehead atoms. The van der Waals surface area contributed by atoms with Crippen molar-refractivity contribution in [2.75, 3.05) is 45.2 Å². The highest BCUT2D eigenvalue weighted by Crippen LogP contribution is 2.24. The topological polar surface area (TPSA) is 60.1 Å². The van der Waals surface area contributed by atoms with Gasteiger partial charge in [-0.2, -0.15) is 5.10 Å². The molecule has 6 heteroatoms. The third kappa shape index (κ3) is 3.89. The Labute approximate surface area is 137 Å². The summed E-state index contributed by atoms with van der Waals surface area (Å²) >= 11 is 0. The maximum atomic E-state index is 4.63. The van der Waals surface area contributed by atoms with Gasteiger partial charge in [0.05, 0.1) is 5.69 Å². The lowest BCUT2D eigenvalue weighted by Crippen LogP contribution is -2.27. The number of aromatic amines is 1. The second-order valence-electron chi connectivity index (χ2n) is 6.20. The molecule has 124 valence electrons. The molecule has 0 radical (unpaired) electrons. The Morgan fingerprint density at radius 3 is 2.83 bits per heavy atom. The molecular weight excluding hydrogens is 288 g/mol. The van der Waals surface area contributed by atoms with E-state index in [1.165, 1.54) is 18.4 Å². The molecule has 3 rings (SSSR count). The minimum Gasteiger partial charge on any atom is -0.357 e. The molecule has 0 saturated carbocycles. The molecule has 0 spiro atoms. The van der Waals surface area contributed by atoms with Crippen LogP contribution in [0.2, 0.25) is 0 Å². The van der Waals surface area contributed by atoms with Gasteiger partial charge in [0.25, 0.3) is 0 Å². The molecular formula is C17H26N6. The van der Waals surface area contributed by atoms with Crippen molar-refractivity contribution in [3.05, 3.63) is 30.1 Å². The minimum absolute atomic E-state index is 0.876. The molecule has 0 amide bonds. The van der Waals surface area contributed by atoms with Crippen LogP contribution in [0.4, 0.5) is 5.82 Å². The van der Waals surface area contributed by atoms with E-state index in [1.807, 2.05) is 19.4 Å². The van der Waals surface area contributed by atoms with Crippen molar-refractivity contribution in [3.8, 4) is 11.3 Å². The van der Waals surface area contributed by atoms with Crippen LogP contribution in [0.3, 0.4) is 0 Å². The van der Waals surface area contributed by atoms with Crippen molar-refractivity contribution in [1.82, 2.24) is 25.4 Å². The van der Waals surface area contributed by atoms with Crippen molar-refractivity contribution in [2.24, 2.45) is 0 Å². The van der Waals surface area contributed by atoms with E-state index in [9.17, 15) is 0 Å². The molecule has 2 aromatic rings. The first-order valence-corrected chi connectivity index (χ1v) is 8.35. The summed E-state index contributed by atoms with van der Waals surface area (Å²) in [5.41, 5.74) is 3.28. The Morgan fingerprint density at radius 2 is 2.13 bits per heavy atom. The molecule has 0 atom stereocenters. The van der Waals surface area contributed by atoms with E-state index < -0.39 is 0 Å². The van der Waals surface area contributed by atoms with E-state index in [4.69, 9.17) is 0 Å². The Hall–Kier alpha value is -1.92. The van der Waals surface area contributed by atoms with E-state index in [-0.39, 0.29) is 0 Å². The molecule has 0 aromatic carbocycles. The number of nitrogens with one attached hydrogen (secondary N) is 2. The Balaban J connectivity index is 1.70. The van der Waals surface area contributed by atoms with Crippen molar-refractivity contribution < 1.29 is 0 Å². The largest absolute Gasteiger partial charge is 0.357 e. The lowest BCUT2D eigenvalue weighted by atomic mass is 10.1. The van der Waals surface area contributed by atoms with Gasteiger partial charge in [0.15, 0.2) is 0 Å². The summed E-state index contributed by atoms with van der Waals surface area (Å²) in [5, 5.41) is 10.6. The average molecular weight is 314 g/mol. The second kappa shape index (κ2) is 7.57. The van der Waals surface area contributed by atoms with Gasteiger partial charge in [-0.25, -0.2) is 4.98 Å². The molecule has 0 aliphatic carbocycles. The SMILES string of the molecule is CNCCN(C)Cc1c[nH]nc1-c1ccc(N2CCCC2)nc1. The number of anilines is 1. The van der Waals surface area contributed by atoms with Gasteiger partial charge in [-0.15, -0.1) is 0 Å². The summed E-state index contributed by atoms with van der Waals surface area (Å²) in [6, 6.07) is 4.25. The first kappa shape index (κ1) is 16.0. The predicted molar refractivity (Wildman–Crippen MR) is 93.5 cm³/mol. The van der Waals surface area contributed by atoms with E-state index in [0.717, 1.165) is 49.8 Å². The molecule has 1 aliphatic heterocycles. The molecule has 1 fully saturated rings. The van der Waals surface area contributed by atoms with Crippen LogP contribution < -0.4 is 10.2 Å². The zero-order valence-corrected chi connectivity index (χ0v) is 14.0. The first-order chi connectivity index (χ1) is 11.3. The van der Waals surface area contributed by atoms with Crippen molar-refractivity contribution in [2.45, 2.75) is 19.4 Å². The van der Waals surface area contributed by atoms with Gasteiger partial charge in [0, 0.05) is 56.2 Å². The van der Waals surface area contributed by atoms with Gasteiger partial charge >= 0.3 is 0 Å². The monoisotopic (exact) mass is 314 g/mol. The number of nitrogens with zero attached hydrogens (tertiary/aromatic N) is 4. The highest BCUT2D eigenvalue weighted by atomic mass is 15.2. The van der Waals surface area contributed by atoms with E-state index >= 15 is 0 Å². The molecule has 6 nitrogen and oxygen atoms in total. The number of aromatic nitrogens is 3. The normalized spacial score (nSPS) is 14.8. The minimum atomic E-state index is 0.876. The fourth-order valence-electron chi connectivity index (χ4n) is 3.02. The summed E-state index contributed by atoms with van der Waals surface area (Å²) in [4.78, 5) is 9.27. The zero-order chi connectivity index (χ0) is 16.1. The Kier molecular flexibility index (Phi) is 5.25.